The zero-order valence-corrected chi connectivity index (χ0v) is 11.7. The minimum Gasteiger partial charge on any atom is -0.313 e. The predicted octanol–water partition coefficient (Wildman–Crippen LogP) is 3.98. The molecule has 98 valence electrons. The molecule has 1 heteroatoms. The molecule has 4 unspecified atom stereocenters. The molecule has 1 N–H and O–H groups in total. The van der Waals surface area contributed by atoms with E-state index in [9.17, 15) is 0 Å². The molecule has 0 aliphatic heterocycles. The zero-order chi connectivity index (χ0) is 11.9. The maximum Gasteiger partial charge on any atom is 0.00684 e. The first-order valence-electron chi connectivity index (χ1n) is 7.98. The molecular weight excluding hydrogens is 206 g/mol. The minimum atomic E-state index is 0.682. The van der Waals surface area contributed by atoms with Gasteiger partial charge in [-0.15, -0.1) is 0 Å². The van der Waals surface area contributed by atoms with E-state index in [0.717, 1.165) is 23.8 Å². The summed E-state index contributed by atoms with van der Waals surface area (Å²) in [6, 6.07) is 0.889. The van der Waals surface area contributed by atoms with Crippen molar-refractivity contribution in [2.24, 2.45) is 23.2 Å². The van der Waals surface area contributed by atoms with Gasteiger partial charge in [-0.2, -0.15) is 0 Å². The number of hydrogen-bond donors (Lipinski definition) is 1. The van der Waals surface area contributed by atoms with Gasteiger partial charge in [0.1, 0.15) is 0 Å². The lowest BCUT2D eigenvalue weighted by Crippen LogP contribution is -2.44. The summed E-state index contributed by atoms with van der Waals surface area (Å²) in [4.78, 5) is 0. The maximum atomic E-state index is 3.86. The smallest absolute Gasteiger partial charge is 0.00684 e. The van der Waals surface area contributed by atoms with E-state index in [4.69, 9.17) is 0 Å². The predicted molar refractivity (Wildman–Crippen MR) is 73.0 cm³/mol. The van der Waals surface area contributed by atoms with Gasteiger partial charge in [-0.05, 0) is 55.3 Å². The van der Waals surface area contributed by atoms with Crippen molar-refractivity contribution in [2.75, 3.05) is 6.54 Å². The summed E-state index contributed by atoms with van der Waals surface area (Å²) in [7, 11) is 0. The van der Waals surface area contributed by atoms with Crippen molar-refractivity contribution in [3.63, 3.8) is 0 Å². The second kappa shape index (κ2) is 4.57. The van der Waals surface area contributed by atoms with E-state index in [-0.39, 0.29) is 0 Å². The molecule has 0 amide bonds. The second-order valence-corrected chi connectivity index (χ2v) is 7.16. The Labute approximate surface area is 107 Å². The van der Waals surface area contributed by atoms with Crippen molar-refractivity contribution in [2.45, 2.75) is 71.3 Å². The van der Waals surface area contributed by atoms with Gasteiger partial charge >= 0.3 is 0 Å². The maximum absolute atomic E-state index is 3.86. The summed E-state index contributed by atoms with van der Waals surface area (Å²) in [5.41, 5.74) is 0.682. The van der Waals surface area contributed by atoms with Crippen molar-refractivity contribution < 1.29 is 0 Å². The van der Waals surface area contributed by atoms with Gasteiger partial charge in [0.15, 0.2) is 0 Å². The molecule has 4 atom stereocenters. The van der Waals surface area contributed by atoms with Crippen LogP contribution in [-0.2, 0) is 0 Å². The Kier molecular flexibility index (Phi) is 3.23. The fourth-order valence-corrected chi connectivity index (χ4v) is 4.82. The van der Waals surface area contributed by atoms with E-state index in [1.54, 1.807) is 12.8 Å². The molecule has 3 aliphatic rings. The molecule has 0 heterocycles. The first-order chi connectivity index (χ1) is 8.24. The van der Waals surface area contributed by atoms with Crippen molar-refractivity contribution in [3.8, 4) is 0 Å². The van der Waals surface area contributed by atoms with E-state index < -0.39 is 0 Å². The van der Waals surface area contributed by atoms with Gasteiger partial charge < -0.3 is 5.32 Å². The molecule has 0 aromatic carbocycles. The van der Waals surface area contributed by atoms with Gasteiger partial charge in [0.05, 0.1) is 0 Å². The van der Waals surface area contributed by atoms with Crippen LogP contribution in [0.25, 0.3) is 0 Å². The molecule has 0 aromatic rings. The van der Waals surface area contributed by atoms with Crippen LogP contribution in [0.15, 0.2) is 0 Å². The lowest BCUT2D eigenvalue weighted by Gasteiger charge is -2.43. The highest BCUT2D eigenvalue weighted by Gasteiger charge is 2.53. The fourth-order valence-electron chi connectivity index (χ4n) is 4.82. The van der Waals surface area contributed by atoms with Crippen LogP contribution < -0.4 is 5.32 Å². The normalized spacial score (nSPS) is 42.0. The number of nitrogens with one attached hydrogen (secondary N) is 1. The van der Waals surface area contributed by atoms with Crippen LogP contribution in [0.2, 0.25) is 0 Å². The third kappa shape index (κ3) is 2.16. The molecule has 2 bridgehead atoms. The summed E-state index contributed by atoms with van der Waals surface area (Å²) < 4.78 is 0. The first kappa shape index (κ1) is 12.0. The Hall–Kier alpha value is -0.0400. The largest absolute Gasteiger partial charge is 0.313 e. The highest BCUT2D eigenvalue weighted by atomic mass is 15.0. The van der Waals surface area contributed by atoms with Crippen molar-refractivity contribution in [1.29, 1.82) is 0 Å². The Morgan fingerprint density at radius 3 is 2.59 bits per heavy atom. The van der Waals surface area contributed by atoms with Crippen molar-refractivity contribution in [3.05, 3.63) is 0 Å². The Balaban J connectivity index is 1.69. The van der Waals surface area contributed by atoms with E-state index in [2.05, 4.69) is 19.2 Å². The summed E-state index contributed by atoms with van der Waals surface area (Å²) in [5, 5.41) is 3.86. The Morgan fingerprint density at radius 2 is 2.06 bits per heavy atom. The van der Waals surface area contributed by atoms with Crippen LogP contribution in [0.4, 0.5) is 0 Å². The van der Waals surface area contributed by atoms with E-state index >= 15 is 0 Å². The number of rotatable bonds is 6. The topological polar surface area (TPSA) is 12.0 Å². The first-order valence-corrected chi connectivity index (χ1v) is 7.98. The van der Waals surface area contributed by atoms with Crippen molar-refractivity contribution >= 4 is 0 Å². The molecule has 0 spiro atoms. The van der Waals surface area contributed by atoms with Crippen LogP contribution in [0, 0.1) is 23.2 Å². The van der Waals surface area contributed by atoms with E-state index in [1.165, 1.54) is 45.1 Å². The van der Waals surface area contributed by atoms with Crippen LogP contribution >= 0.6 is 0 Å². The SMILES string of the molecule is CCCC(C)C1(CNC2CC2)CC2CCC1C2. The molecular formula is C16H29N. The Bertz CT molecular complexity index is 271. The molecule has 0 radical (unpaired) electrons. The second-order valence-electron chi connectivity index (χ2n) is 7.16. The number of hydrogen-bond acceptors (Lipinski definition) is 1. The lowest BCUT2D eigenvalue weighted by molar-refractivity contribution is 0.0762. The third-order valence-electron chi connectivity index (χ3n) is 6.02. The van der Waals surface area contributed by atoms with Gasteiger partial charge in [-0.25, -0.2) is 0 Å². The summed E-state index contributed by atoms with van der Waals surface area (Å²) >= 11 is 0. The molecule has 0 aromatic heterocycles. The molecule has 1 nitrogen and oxygen atoms in total. The highest BCUT2D eigenvalue weighted by Crippen LogP contribution is 2.59. The quantitative estimate of drug-likeness (QED) is 0.734. The third-order valence-corrected chi connectivity index (χ3v) is 6.02. The number of fused-ring (bicyclic) bond motifs is 2. The molecule has 3 saturated carbocycles. The van der Waals surface area contributed by atoms with E-state index in [1.807, 2.05) is 0 Å². The van der Waals surface area contributed by atoms with Crippen LogP contribution in [-0.4, -0.2) is 12.6 Å². The summed E-state index contributed by atoms with van der Waals surface area (Å²) in [6.07, 6.45) is 11.8. The van der Waals surface area contributed by atoms with Crippen LogP contribution in [0.1, 0.15) is 65.2 Å². The average Bonchev–Trinajstić information content (AvgIpc) is 2.94. The van der Waals surface area contributed by atoms with E-state index in [0.29, 0.717) is 5.41 Å². The van der Waals surface area contributed by atoms with Crippen LogP contribution in [0.5, 0.6) is 0 Å². The molecule has 3 aliphatic carbocycles. The lowest BCUT2D eigenvalue weighted by atomic mass is 9.64. The van der Waals surface area contributed by atoms with Gasteiger partial charge in [0.2, 0.25) is 0 Å². The average molecular weight is 235 g/mol. The molecule has 17 heavy (non-hydrogen) atoms. The molecule has 0 saturated heterocycles. The fraction of sp³-hybridized carbons (Fsp3) is 1.00. The zero-order valence-electron chi connectivity index (χ0n) is 11.7. The highest BCUT2D eigenvalue weighted by molar-refractivity contribution is 5.04. The summed E-state index contributed by atoms with van der Waals surface area (Å²) in [5.74, 6) is 3.08. The van der Waals surface area contributed by atoms with Crippen molar-refractivity contribution in [1.82, 2.24) is 5.32 Å². The monoisotopic (exact) mass is 235 g/mol. The Morgan fingerprint density at radius 1 is 1.24 bits per heavy atom. The molecule has 3 fully saturated rings. The van der Waals surface area contributed by atoms with Gasteiger partial charge in [-0.1, -0.05) is 33.1 Å². The van der Waals surface area contributed by atoms with Gasteiger partial charge in [0, 0.05) is 12.6 Å². The van der Waals surface area contributed by atoms with Gasteiger partial charge in [-0.3, -0.25) is 0 Å². The van der Waals surface area contributed by atoms with Crippen LogP contribution in [0.3, 0.4) is 0 Å². The van der Waals surface area contributed by atoms with Gasteiger partial charge in [0.25, 0.3) is 0 Å². The minimum absolute atomic E-state index is 0.682. The summed E-state index contributed by atoms with van der Waals surface area (Å²) in [6.45, 7) is 6.23. The molecule has 3 rings (SSSR count). The standard InChI is InChI=1S/C16H29N/c1-3-4-12(2)16(11-17-15-7-8-15)10-13-5-6-14(16)9-13/h12-15,17H,3-11H2,1-2H3.